The van der Waals surface area contributed by atoms with Crippen molar-refractivity contribution in [1.29, 1.82) is 0 Å². The summed E-state index contributed by atoms with van der Waals surface area (Å²) in [6, 6.07) is 1.95. The van der Waals surface area contributed by atoms with Crippen LogP contribution in [0.4, 0.5) is 0 Å². The van der Waals surface area contributed by atoms with Crippen LogP contribution in [0.1, 0.15) is 25.0 Å². The van der Waals surface area contributed by atoms with E-state index in [0.29, 0.717) is 25.2 Å². The molecule has 0 bridgehead atoms. The third-order valence-corrected chi connectivity index (χ3v) is 2.39. The molecule has 0 fully saturated rings. The van der Waals surface area contributed by atoms with Crippen LogP contribution in [0.25, 0.3) is 0 Å². The van der Waals surface area contributed by atoms with Crippen molar-refractivity contribution in [3.8, 4) is 0 Å². The lowest BCUT2D eigenvalue weighted by Gasteiger charge is -2.01. The molecule has 1 heterocycles. The van der Waals surface area contributed by atoms with Crippen LogP contribution in [-0.2, 0) is 23.0 Å². The Morgan fingerprint density at radius 2 is 2.33 bits per heavy atom. The van der Waals surface area contributed by atoms with Gasteiger partial charge in [0, 0.05) is 45.5 Å². The number of aryl methyl sites for hydroxylation is 2. The number of Topliss-reactive ketones (excluding diaryl/α,β-unsaturated/α-hetero) is 1. The van der Waals surface area contributed by atoms with E-state index < -0.39 is 0 Å². The lowest BCUT2D eigenvalue weighted by molar-refractivity contribution is -0.119. The van der Waals surface area contributed by atoms with Gasteiger partial charge in [0.1, 0.15) is 5.78 Å². The third kappa shape index (κ3) is 4.25. The van der Waals surface area contributed by atoms with Crippen LogP contribution < -0.4 is 0 Å². The average molecular weight is 210 g/mol. The van der Waals surface area contributed by atoms with Crippen LogP contribution >= 0.6 is 0 Å². The minimum Gasteiger partial charge on any atom is -0.385 e. The van der Waals surface area contributed by atoms with Gasteiger partial charge in [-0.3, -0.25) is 9.48 Å². The molecule has 84 valence electrons. The van der Waals surface area contributed by atoms with Gasteiger partial charge in [-0.25, -0.2) is 0 Å². The van der Waals surface area contributed by atoms with Crippen LogP contribution in [-0.4, -0.2) is 29.3 Å². The largest absolute Gasteiger partial charge is 0.385 e. The number of nitrogens with zero attached hydrogens (tertiary/aromatic N) is 2. The van der Waals surface area contributed by atoms with E-state index in [1.807, 2.05) is 17.8 Å². The summed E-state index contributed by atoms with van der Waals surface area (Å²) in [7, 11) is 3.55. The zero-order chi connectivity index (χ0) is 11.1. The monoisotopic (exact) mass is 210 g/mol. The standard InChI is InChI=1S/C11H18N2O2/c1-13-10(7-8-12-13)5-6-11(14)4-3-9-15-2/h7-8H,3-6,9H2,1-2H3. The Hall–Kier alpha value is -1.16. The number of carbonyl (C=O) groups is 1. The molecule has 4 nitrogen and oxygen atoms in total. The first-order chi connectivity index (χ1) is 7.24. The third-order valence-electron chi connectivity index (χ3n) is 2.39. The number of ether oxygens (including phenoxy) is 1. The first kappa shape index (κ1) is 11.9. The molecule has 0 unspecified atom stereocenters. The predicted molar refractivity (Wildman–Crippen MR) is 57.6 cm³/mol. The van der Waals surface area contributed by atoms with Crippen LogP contribution in [0.15, 0.2) is 12.3 Å². The SMILES string of the molecule is COCCCC(=O)CCc1ccnn1C. The minimum atomic E-state index is 0.299. The molecule has 4 heteroatoms. The fraction of sp³-hybridized carbons (Fsp3) is 0.636. The van der Waals surface area contributed by atoms with E-state index in [1.165, 1.54) is 0 Å². The summed E-state index contributed by atoms with van der Waals surface area (Å²) >= 11 is 0. The molecule has 0 spiro atoms. The maximum absolute atomic E-state index is 11.4. The smallest absolute Gasteiger partial charge is 0.133 e. The second-order valence-corrected chi connectivity index (χ2v) is 3.58. The highest BCUT2D eigenvalue weighted by atomic mass is 16.5. The minimum absolute atomic E-state index is 0.299. The van der Waals surface area contributed by atoms with Gasteiger partial charge in [-0.05, 0) is 18.9 Å². The van der Waals surface area contributed by atoms with Crippen LogP contribution in [0.3, 0.4) is 0 Å². The molecule has 1 rings (SSSR count). The van der Waals surface area contributed by atoms with E-state index in [4.69, 9.17) is 4.74 Å². The van der Waals surface area contributed by atoms with Crippen molar-refractivity contribution >= 4 is 5.78 Å². The van der Waals surface area contributed by atoms with Gasteiger partial charge in [0.15, 0.2) is 0 Å². The normalized spacial score (nSPS) is 10.5. The molecule has 0 saturated heterocycles. The molecular weight excluding hydrogens is 192 g/mol. The highest BCUT2D eigenvalue weighted by Gasteiger charge is 2.04. The Bertz CT molecular complexity index is 307. The molecule has 0 saturated carbocycles. The number of rotatable bonds is 7. The molecule has 0 amide bonds. The Morgan fingerprint density at radius 3 is 2.93 bits per heavy atom. The second-order valence-electron chi connectivity index (χ2n) is 3.58. The number of hydrogen-bond donors (Lipinski definition) is 0. The summed E-state index contributed by atoms with van der Waals surface area (Å²) in [6.45, 7) is 0.664. The Labute approximate surface area is 90.2 Å². The van der Waals surface area contributed by atoms with Crippen molar-refractivity contribution in [3.05, 3.63) is 18.0 Å². The number of aromatic nitrogens is 2. The molecule has 1 aromatic heterocycles. The van der Waals surface area contributed by atoms with E-state index in [9.17, 15) is 4.79 Å². The van der Waals surface area contributed by atoms with Crippen molar-refractivity contribution in [2.75, 3.05) is 13.7 Å². The highest BCUT2D eigenvalue weighted by Crippen LogP contribution is 2.04. The quantitative estimate of drug-likeness (QED) is 0.638. The Morgan fingerprint density at radius 1 is 1.53 bits per heavy atom. The van der Waals surface area contributed by atoms with Gasteiger partial charge >= 0.3 is 0 Å². The van der Waals surface area contributed by atoms with E-state index in [2.05, 4.69) is 5.10 Å². The first-order valence-corrected chi connectivity index (χ1v) is 5.21. The maximum atomic E-state index is 11.4. The lowest BCUT2D eigenvalue weighted by Crippen LogP contribution is -2.05. The van der Waals surface area contributed by atoms with Gasteiger partial charge in [-0.15, -0.1) is 0 Å². The van der Waals surface area contributed by atoms with Crippen molar-refractivity contribution in [2.45, 2.75) is 25.7 Å². The first-order valence-electron chi connectivity index (χ1n) is 5.21. The lowest BCUT2D eigenvalue weighted by atomic mass is 10.1. The fourth-order valence-electron chi connectivity index (χ4n) is 1.45. The number of carbonyl (C=O) groups excluding carboxylic acids is 1. The highest BCUT2D eigenvalue weighted by molar-refractivity contribution is 5.78. The van der Waals surface area contributed by atoms with E-state index in [0.717, 1.165) is 18.5 Å². The zero-order valence-electron chi connectivity index (χ0n) is 9.40. The van der Waals surface area contributed by atoms with E-state index in [-0.39, 0.29) is 0 Å². The molecule has 0 atom stereocenters. The zero-order valence-corrected chi connectivity index (χ0v) is 9.40. The molecular formula is C11H18N2O2. The van der Waals surface area contributed by atoms with Crippen LogP contribution in [0, 0.1) is 0 Å². The van der Waals surface area contributed by atoms with Crippen molar-refractivity contribution in [2.24, 2.45) is 7.05 Å². The van der Waals surface area contributed by atoms with Gasteiger partial charge in [0.25, 0.3) is 0 Å². The van der Waals surface area contributed by atoms with Gasteiger partial charge in [0.2, 0.25) is 0 Å². The van der Waals surface area contributed by atoms with Gasteiger partial charge in [0.05, 0.1) is 0 Å². The summed E-state index contributed by atoms with van der Waals surface area (Å²) in [6.07, 6.45) is 4.57. The van der Waals surface area contributed by atoms with Gasteiger partial charge < -0.3 is 4.74 Å². The van der Waals surface area contributed by atoms with Crippen molar-refractivity contribution in [1.82, 2.24) is 9.78 Å². The number of hydrogen-bond acceptors (Lipinski definition) is 3. The summed E-state index contributed by atoms with van der Waals surface area (Å²) in [5.41, 5.74) is 1.11. The van der Waals surface area contributed by atoms with Crippen LogP contribution in [0.5, 0.6) is 0 Å². The van der Waals surface area contributed by atoms with Crippen molar-refractivity contribution in [3.63, 3.8) is 0 Å². The fourth-order valence-corrected chi connectivity index (χ4v) is 1.45. The molecule has 0 N–H and O–H groups in total. The molecule has 1 aromatic rings. The topological polar surface area (TPSA) is 44.1 Å². The number of ketones is 1. The van der Waals surface area contributed by atoms with Crippen LogP contribution in [0.2, 0.25) is 0 Å². The second kappa shape index (κ2) is 6.35. The maximum Gasteiger partial charge on any atom is 0.133 e. The van der Waals surface area contributed by atoms with E-state index in [1.54, 1.807) is 13.3 Å². The predicted octanol–water partition coefficient (Wildman–Crippen LogP) is 1.35. The summed E-state index contributed by atoms with van der Waals surface area (Å²) < 4.78 is 6.70. The molecule has 0 aliphatic carbocycles. The Kier molecular flexibility index (Phi) is 5.04. The Balaban J connectivity index is 2.20. The molecule has 0 aromatic carbocycles. The number of methoxy groups -OCH3 is 1. The molecule has 0 aliphatic heterocycles. The molecule has 15 heavy (non-hydrogen) atoms. The molecule has 0 radical (unpaired) electrons. The van der Waals surface area contributed by atoms with Gasteiger partial charge in [-0.2, -0.15) is 5.10 Å². The van der Waals surface area contributed by atoms with Crippen molar-refractivity contribution < 1.29 is 9.53 Å². The molecule has 0 aliphatic rings. The average Bonchev–Trinajstić information content (AvgIpc) is 2.61. The van der Waals surface area contributed by atoms with E-state index >= 15 is 0 Å². The summed E-state index contributed by atoms with van der Waals surface area (Å²) in [5.74, 6) is 0.299. The summed E-state index contributed by atoms with van der Waals surface area (Å²) in [5, 5.41) is 4.06. The van der Waals surface area contributed by atoms with Gasteiger partial charge in [-0.1, -0.05) is 0 Å². The summed E-state index contributed by atoms with van der Waals surface area (Å²) in [4.78, 5) is 11.4.